The molecule has 0 saturated carbocycles. The van der Waals surface area contributed by atoms with Gasteiger partial charge >= 0.3 is 0 Å². The van der Waals surface area contributed by atoms with E-state index in [2.05, 4.69) is 58.6 Å². The standard InChI is InChI=1S/C18H15N4O.Ir/c1-11-6-12(2)17(13(3)7-11)22-5-4-20-18(22)14-8-19-9-15-16(14)21-10-23-15;/h4-7,9-10H,1-3H3;/q-1;. The minimum atomic E-state index is 0. The molecule has 0 spiro atoms. The van der Waals surface area contributed by atoms with Gasteiger partial charge in [-0.2, -0.15) is 0 Å². The maximum absolute atomic E-state index is 5.33. The SMILES string of the molecule is Cc1cc(C)c(-n2ccnc2-c2[c-]ncc3ocnc23)c(C)c1.[Ir]. The van der Waals surface area contributed by atoms with Crippen LogP contribution in [0.15, 0.2) is 41.5 Å². The molecule has 0 amide bonds. The molecule has 0 aliphatic rings. The molecule has 0 N–H and O–H groups in total. The van der Waals surface area contributed by atoms with Crippen LogP contribution in [0.25, 0.3) is 28.2 Å². The van der Waals surface area contributed by atoms with Crippen LogP contribution < -0.4 is 0 Å². The summed E-state index contributed by atoms with van der Waals surface area (Å²) in [6, 6.07) is 4.34. The summed E-state index contributed by atoms with van der Waals surface area (Å²) in [6.45, 7) is 6.32. The van der Waals surface area contributed by atoms with E-state index in [1.807, 2.05) is 6.20 Å². The summed E-state index contributed by atoms with van der Waals surface area (Å²) in [4.78, 5) is 12.9. The van der Waals surface area contributed by atoms with Crippen LogP contribution in [-0.4, -0.2) is 19.5 Å². The van der Waals surface area contributed by atoms with Crippen LogP contribution in [-0.2, 0) is 20.1 Å². The Bertz CT molecular complexity index is 996. The Hall–Kier alpha value is -2.30. The third-order valence-corrected chi connectivity index (χ3v) is 3.93. The number of hydrogen-bond donors (Lipinski definition) is 0. The van der Waals surface area contributed by atoms with Crippen LogP contribution in [0, 0.1) is 27.0 Å². The first-order valence-electron chi connectivity index (χ1n) is 7.37. The van der Waals surface area contributed by atoms with Gasteiger partial charge in [0.1, 0.15) is 0 Å². The minimum absolute atomic E-state index is 0. The van der Waals surface area contributed by atoms with Crippen LogP contribution in [0.5, 0.6) is 0 Å². The zero-order chi connectivity index (χ0) is 16.0. The van der Waals surface area contributed by atoms with E-state index < -0.39 is 0 Å². The number of oxazole rings is 1. The van der Waals surface area contributed by atoms with Crippen LogP contribution in [0.3, 0.4) is 0 Å². The first kappa shape index (κ1) is 16.6. The van der Waals surface area contributed by atoms with E-state index in [0.29, 0.717) is 5.58 Å². The molecule has 0 aliphatic heterocycles. The molecular weight excluding hydrogens is 480 g/mol. The van der Waals surface area contributed by atoms with Gasteiger partial charge in [-0.15, -0.1) is 0 Å². The van der Waals surface area contributed by atoms with E-state index in [9.17, 15) is 0 Å². The fraction of sp³-hybridized carbons (Fsp3) is 0.167. The molecule has 0 unspecified atom stereocenters. The maximum Gasteiger partial charge on any atom is 0.170 e. The van der Waals surface area contributed by atoms with E-state index in [0.717, 1.165) is 22.6 Å². The third-order valence-electron chi connectivity index (χ3n) is 3.93. The average Bonchev–Trinajstić information content (AvgIpc) is 3.14. The zero-order valence-electron chi connectivity index (χ0n) is 13.5. The molecule has 0 atom stereocenters. The number of benzene rings is 1. The normalized spacial score (nSPS) is 10.8. The van der Waals surface area contributed by atoms with Crippen molar-refractivity contribution in [2.75, 3.05) is 0 Å². The molecule has 3 heterocycles. The Morgan fingerprint density at radius 1 is 1.08 bits per heavy atom. The molecule has 1 aromatic carbocycles. The molecule has 0 bridgehead atoms. The predicted molar refractivity (Wildman–Crippen MR) is 87.4 cm³/mol. The average molecular weight is 496 g/mol. The molecule has 24 heavy (non-hydrogen) atoms. The van der Waals surface area contributed by atoms with Crippen molar-refractivity contribution in [1.29, 1.82) is 0 Å². The number of hydrogen-bond acceptors (Lipinski definition) is 4. The Morgan fingerprint density at radius 2 is 1.83 bits per heavy atom. The second-order valence-electron chi connectivity index (χ2n) is 5.68. The number of nitrogens with zero attached hydrogens (tertiary/aromatic N) is 4. The molecule has 3 aromatic heterocycles. The molecule has 4 aromatic rings. The summed E-state index contributed by atoms with van der Waals surface area (Å²) in [5.41, 5.74) is 6.85. The van der Waals surface area contributed by atoms with Gasteiger partial charge in [-0.25, -0.2) is 0 Å². The second kappa shape index (κ2) is 6.30. The fourth-order valence-electron chi connectivity index (χ4n) is 3.12. The van der Waals surface area contributed by atoms with E-state index in [1.165, 1.54) is 23.1 Å². The maximum atomic E-state index is 5.33. The summed E-state index contributed by atoms with van der Waals surface area (Å²) >= 11 is 0. The van der Waals surface area contributed by atoms with Crippen molar-refractivity contribution in [2.45, 2.75) is 20.8 Å². The number of aryl methyl sites for hydroxylation is 3. The molecule has 0 fully saturated rings. The summed E-state index contributed by atoms with van der Waals surface area (Å²) in [6.07, 6.45) is 9.76. The fourth-order valence-corrected chi connectivity index (χ4v) is 3.12. The number of pyridine rings is 1. The number of rotatable bonds is 2. The number of fused-ring (bicyclic) bond motifs is 1. The largest absolute Gasteiger partial charge is 0.462 e. The van der Waals surface area contributed by atoms with Crippen molar-refractivity contribution < 1.29 is 24.5 Å². The van der Waals surface area contributed by atoms with Crippen molar-refractivity contribution in [3.05, 3.63) is 60.0 Å². The van der Waals surface area contributed by atoms with Crippen molar-refractivity contribution in [3.63, 3.8) is 0 Å². The Kier molecular flexibility index (Phi) is 4.35. The van der Waals surface area contributed by atoms with Gasteiger partial charge in [-0.1, -0.05) is 23.3 Å². The third kappa shape index (κ3) is 2.58. The van der Waals surface area contributed by atoms with Gasteiger partial charge < -0.3 is 14.0 Å². The van der Waals surface area contributed by atoms with E-state index in [4.69, 9.17) is 4.42 Å². The van der Waals surface area contributed by atoms with Crippen molar-refractivity contribution in [2.24, 2.45) is 0 Å². The molecule has 0 saturated heterocycles. The summed E-state index contributed by atoms with van der Waals surface area (Å²) in [7, 11) is 0. The molecular formula is C18H15IrN4O-. The predicted octanol–water partition coefficient (Wildman–Crippen LogP) is 3.80. The van der Waals surface area contributed by atoms with Gasteiger partial charge in [-0.3, -0.25) is 9.97 Å². The van der Waals surface area contributed by atoms with Crippen LogP contribution in [0.1, 0.15) is 16.7 Å². The molecule has 5 nitrogen and oxygen atoms in total. The quantitative estimate of drug-likeness (QED) is 0.397. The van der Waals surface area contributed by atoms with Gasteiger partial charge in [0.05, 0.1) is 11.4 Å². The minimum Gasteiger partial charge on any atom is -0.462 e. The van der Waals surface area contributed by atoms with Crippen LogP contribution >= 0.6 is 0 Å². The molecule has 0 aliphatic carbocycles. The van der Waals surface area contributed by atoms with Gasteiger partial charge in [0, 0.05) is 43.7 Å². The molecule has 4 rings (SSSR count). The summed E-state index contributed by atoms with van der Waals surface area (Å²) in [5, 5.41) is 0. The monoisotopic (exact) mass is 496 g/mol. The van der Waals surface area contributed by atoms with Gasteiger partial charge in [-0.05, 0) is 44.3 Å². The van der Waals surface area contributed by atoms with Crippen molar-refractivity contribution >= 4 is 11.1 Å². The molecule has 123 valence electrons. The number of aromatic nitrogens is 4. The van der Waals surface area contributed by atoms with E-state index in [1.54, 1.807) is 12.4 Å². The summed E-state index contributed by atoms with van der Waals surface area (Å²) in [5.74, 6) is 0.757. The number of imidazole rings is 1. The zero-order valence-corrected chi connectivity index (χ0v) is 15.9. The van der Waals surface area contributed by atoms with Crippen molar-refractivity contribution in [1.82, 2.24) is 19.5 Å². The second-order valence-corrected chi connectivity index (χ2v) is 5.68. The Morgan fingerprint density at radius 3 is 2.58 bits per heavy atom. The van der Waals surface area contributed by atoms with Crippen molar-refractivity contribution in [3.8, 4) is 17.1 Å². The van der Waals surface area contributed by atoms with E-state index >= 15 is 0 Å². The van der Waals surface area contributed by atoms with Gasteiger partial charge in [0.25, 0.3) is 0 Å². The van der Waals surface area contributed by atoms with Gasteiger partial charge in [0.15, 0.2) is 6.39 Å². The van der Waals surface area contributed by atoms with E-state index in [-0.39, 0.29) is 20.1 Å². The Labute approximate surface area is 153 Å². The Balaban J connectivity index is 0.00000169. The van der Waals surface area contributed by atoms with Gasteiger partial charge in [0.2, 0.25) is 0 Å². The first-order valence-corrected chi connectivity index (χ1v) is 7.37. The summed E-state index contributed by atoms with van der Waals surface area (Å²) < 4.78 is 7.40. The smallest absolute Gasteiger partial charge is 0.170 e. The molecule has 6 heteroatoms. The topological polar surface area (TPSA) is 56.7 Å². The first-order chi connectivity index (χ1) is 11.1. The molecule has 1 radical (unpaired) electrons. The van der Waals surface area contributed by atoms with Crippen LogP contribution in [0.2, 0.25) is 0 Å². The van der Waals surface area contributed by atoms with Crippen LogP contribution in [0.4, 0.5) is 0 Å².